The number of aryl methyl sites for hydroxylation is 1. The smallest absolute Gasteiger partial charge is 0.241 e. The van der Waals surface area contributed by atoms with Crippen LogP contribution in [0.5, 0.6) is 0 Å². The van der Waals surface area contributed by atoms with Gasteiger partial charge in [-0.3, -0.25) is 4.79 Å². The number of anilines is 1. The molecular formula is C13H19ClN2O. The Labute approximate surface area is 107 Å². The topological polar surface area (TPSA) is 55.1 Å². The van der Waals surface area contributed by atoms with E-state index in [-0.39, 0.29) is 11.8 Å². The molecule has 3 N–H and O–H groups in total. The lowest BCUT2D eigenvalue weighted by atomic mass is 9.99. The van der Waals surface area contributed by atoms with Gasteiger partial charge in [0.05, 0.1) is 6.04 Å². The Kier molecular flexibility index (Phi) is 4.97. The molecule has 0 fully saturated rings. The maximum Gasteiger partial charge on any atom is 0.241 e. The van der Waals surface area contributed by atoms with Crippen LogP contribution in [0.4, 0.5) is 5.69 Å². The maximum atomic E-state index is 11.9. The molecule has 3 nitrogen and oxygen atoms in total. The average Bonchev–Trinajstić information content (AvgIpc) is 2.30. The van der Waals surface area contributed by atoms with Gasteiger partial charge in [0.1, 0.15) is 0 Å². The predicted octanol–water partition coefficient (Wildman–Crippen LogP) is 2.96. The second kappa shape index (κ2) is 6.03. The van der Waals surface area contributed by atoms with Gasteiger partial charge in [-0.1, -0.05) is 31.9 Å². The molecule has 0 heterocycles. The second-order valence-corrected chi connectivity index (χ2v) is 4.80. The molecule has 94 valence electrons. The Morgan fingerprint density at radius 2 is 2.18 bits per heavy atom. The number of carbonyl (C=O) groups excluding carboxylic acids is 1. The van der Waals surface area contributed by atoms with Crippen molar-refractivity contribution in [3.8, 4) is 0 Å². The van der Waals surface area contributed by atoms with E-state index in [2.05, 4.69) is 5.32 Å². The molecule has 0 unspecified atom stereocenters. The van der Waals surface area contributed by atoms with Gasteiger partial charge in [-0.05, 0) is 36.6 Å². The molecule has 0 aromatic heterocycles. The van der Waals surface area contributed by atoms with E-state index in [0.717, 1.165) is 17.7 Å². The van der Waals surface area contributed by atoms with E-state index in [4.69, 9.17) is 17.3 Å². The zero-order chi connectivity index (χ0) is 13.0. The molecule has 0 saturated carbocycles. The fourth-order valence-electron chi connectivity index (χ4n) is 1.50. The summed E-state index contributed by atoms with van der Waals surface area (Å²) in [5.74, 6) is 0.0207. The van der Waals surface area contributed by atoms with Crippen LogP contribution < -0.4 is 11.1 Å². The van der Waals surface area contributed by atoms with Crippen LogP contribution in [-0.4, -0.2) is 11.9 Å². The third kappa shape index (κ3) is 3.72. The lowest BCUT2D eigenvalue weighted by Crippen LogP contribution is -2.40. The highest BCUT2D eigenvalue weighted by molar-refractivity contribution is 6.30. The molecule has 1 aromatic carbocycles. The summed E-state index contributed by atoms with van der Waals surface area (Å²) in [6.45, 7) is 5.89. The maximum absolute atomic E-state index is 11.9. The molecule has 1 amide bonds. The Morgan fingerprint density at radius 3 is 2.71 bits per heavy atom. The summed E-state index contributed by atoms with van der Waals surface area (Å²) >= 11 is 5.85. The minimum absolute atomic E-state index is 0.148. The van der Waals surface area contributed by atoms with Crippen LogP contribution >= 0.6 is 11.6 Å². The zero-order valence-electron chi connectivity index (χ0n) is 10.5. The highest BCUT2D eigenvalue weighted by Gasteiger charge is 2.19. The normalized spacial score (nSPS) is 14.2. The summed E-state index contributed by atoms with van der Waals surface area (Å²) in [6, 6.07) is 4.87. The van der Waals surface area contributed by atoms with Crippen molar-refractivity contribution in [3.63, 3.8) is 0 Å². The summed E-state index contributed by atoms with van der Waals surface area (Å²) in [6.07, 6.45) is 0.883. The van der Waals surface area contributed by atoms with Crippen LogP contribution in [-0.2, 0) is 4.79 Å². The van der Waals surface area contributed by atoms with Gasteiger partial charge in [0, 0.05) is 10.7 Å². The van der Waals surface area contributed by atoms with Crippen molar-refractivity contribution in [2.75, 3.05) is 5.32 Å². The van der Waals surface area contributed by atoms with Gasteiger partial charge < -0.3 is 11.1 Å². The van der Waals surface area contributed by atoms with Gasteiger partial charge in [0.2, 0.25) is 5.91 Å². The van der Waals surface area contributed by atoms with E-state index >= 15 is 0 Å². The lowest BCUT2D eigenvalue weighted by Gasteiger charge is -2.18. The molecule has 4 heteroatoms. The van der Waals surface area contributed by atoms with Crippen molar-refractivity contribution in [2.45, 2.75) is 33.2 Å². The van der Waals surface area contributed by atoms with Crippen LogP contribution in [0.1, 0.15) is 25.8 Å². The molecule has 0 bridgehead atoms. The third-order valence-electron chi connectivity index (χ3n) is 3.01. The Morgan fingerprint density at radius 1 is 1.53 bits per heavy atom. The number of halogens is 1. The van der Waals surface area contributed by atoms with Gasteiger partial charge in [0.25, 0.3) is 0 Å². The summed E-state index contributed by atoms with van der Waals surface area (Å²) in [5, 5.41) is 3.49. The Hall–Kier alpha value is -1.06. The first kappa shape index (κ1) is 14.0. The number of benzene rings is 1. The molecule has 1 rings (SSSR count). The first-order valence-electron chi connectivity index (χ1n) is 5.78. The fraction of sp³-hybridized carbons (Fsp3) is 0.462. The van der Waals surface area contributed by atoms with Crippen molar-refractivity contribution in [3.05, 3.63) is 28.8 Å². The summed E-state index contributed by atoms with van der Waals surface area (Å²) < 4.78 is 0. The van der Waals surface area contributed by atoms with Gasteiger partial charge in [0.15, 0.2) is 0 Å². The van der Waals surface area contributed by atoms with E-state index in [9.17, 15) is 4.79 Å². The zero-order valence-corrected chi connectivity index (χ0v) is 11.2. The lowest BCUT2D eigenvalue weighted by molar-refractivity contribution is -0.118. The van der Waals surface area contributed by atoms with E-state index in [1.165, 1.54) is 0 Å². The van der Waals surface area contributed by atoms with Crippen LogP contribution in [0.25, 0.3) is 0 Å². The third-order valence-corrected chi connectivity index (χ3v) is 3.24. The van der Waals surface area contributed by atoms with Gasteiger partial charge in [-0.2, -0.15) is 0 Å². The number of hydrogen-bond acceptors (Lipinski definition) is 2. The Balaban J connectivity index is 2.74. The van der Waals surface area contributed by atoms with Crippen molar-refractivity contribution >= 4 is 23.2 Å². The van der Waals surface area contributed by atoms with Crippen molar-refractivity contribution in [2.24, 2.45) is 11.7 Å². The highest BCUT2D eigenvalue weighted by atomic mass is 35.5. The van der Waals surface area contributed by atoms with Gasteiger partial charge >= 0.3 is 0 Å². The van der Waals surface area contributed by atoms with E-state index in [0.29, 0.717) is 5.02 Å². The molecule has 2 atom stereocenters. The minimum Gasteiger partial charge on any atom is -0.324 e. The monoisotopic (exact) mass is 254 g/mol. The molecule has 0 spiro atoms. The average molecular weight is 255 g/mol. The number of nitrogens with two attached hydrogens (primary N) is 1. The molecule has 0 aliphatic rings. The van der Waals surface area contributed by atoms with Crippen LogP contribution in [0.2, 0.25) is 5.02 Å². The number of rotatable bonds is 4. The Bertz CT molecular complexity index is 406. The van der Waals surface area contributed by atoms with E-state index in [1.807, 2.05) is 26.8 Å². The van der Waals surface area contributed by atoms with Crippen molar-refractivity contribution in [1.29, 1.82) is 0 Å². The predicted molar refractivity (Wildman–Crippen MR) is 72.2 cm³/mol. The first-order chi connectivity index (χ1) is 7.95. The summed E-state index contributed by atoms with van der Waals surface area (Å²) in [5.41, 5.74) is 7.56. The van der Waals surface area contributed by atoms with E-state index in [1.54, 1.807) is 12.1 Å². The highest BCUT2D eigenvalue weighted by Crippen LogP contribution is 2.20. The molecule has 0 radical (unpaired) electrons. The largest absolute Gasteiger partial charge is 0.324 e. The first-order valence-corrected chi connectivity index (χ1v) is 6.16. The standard InChI is InChI=1S/C13H19ClN2O/c1-4-8(2)12(15)13(17)16-11-6-5-10(14)7-9(11)3/h5-8,12H,4,15H2,1-3H3,(H,16,17)/t8-,12-/m0/s1. The summed E-state index contributed by atoms with van der Waals surface area (Å²) in [7, 11) is 0. The number of nitrogens with one attached hydrogen (secondary N) is 1. The second-order valence-electron chi connectivity index (χ2n) is 4.36. The molecule has 0 aliphatic carbocycles. The molecule has 17 heavy (non-hydrogen) atoms. The number of amides is 1. The van der Waals surface area contributed by atoms with Crippen LogP contribution in [0.3, 0.4) is 0 Å². The van der Waals surface area contributed by atoms with Gasteiger partial charge in [-0.25, -0.2) is 0 Å². The van der Waals surface area contributed by atoms with Crippen LogP contribution in [0.15, 0.2) is 18.2 Å². The molecule has 0 saturated heterocycles. The van der Waals surface area contributed by atoms with Crippen molar-refractivity contribution in [1.82, 2.24) is 0 Å². The summed E-state index contributed by atoms with van der Waals surface area (Å²) in [4.78, 5) is 11.9. The van der Waals surface area contributed by atoms with Gasteiger partial charge in [-0.15, -0.1) is 0 Å². The van der Waals surface area contributed by atoms with Crippen molar-refractivity contribution < 1.29 is 4.79 Å². The molecule has 1 aromatic rings. The van der Waals surface area contributed by atoms with Crippen LogP contribution in [0, 0.1) is 12.8 Å². The molecular weight excluding hydrogens is 236 g/mol. The SMILES string of the molecule is CC[C@H](C)[C@H](N)C(=O)Nc1ccc(Cl)cc1C. The number of carbonyl (C=O) groups is 1. The number of hydrogen-bond donors (Lipinski definition) is 2. The fourth-order valence-corrected chi connectivity index (χ4v) is 1.72. The van der Waals surface area contributed by atoms with E-state index < -0.39 is 6.04 Å². The quantitative estimate of drug-likeness (QED) is 0.868. The molecule has 0 aliphatic heterocycles. The minimum atomic E-state index is -0.477.